The highest BCUT2D eigenvalue weighted by atomic mass is 35.5. The summed E-state index contributed by atoms with van der Waals surface area (Å²) in [7, 11) is -1.05. The van der Waals surface area contributed by atoms with Crippen molar-refractivity contribution in [2.24, 2.45) is 0 Å². The quantitative estimate of drug-likeness (QED) is 0.269. The largest absolute Gasteiger partial charge is 0.493 e. The second-order valence-corrected chi connectivity index (χ2v) is 12.3. The Bertz CT molecular complexity index is 1490. The number of benzene rings is 3. The van der Waals surface area contributed by atoms with E-state index in [4.69, 9.17) is 32.7 Å². The van der Waals surface area contributed by atoms with Gasteiger partial charge in [-0.15, -0.1) is 0 Å². The molecule has 2 amide bonds. The zero-order valence-corrected chi connectivity index (χ0v) is 26.3. The molecule has 0 aromatic heterocycles. The number of hydrogen-bond donors (Lipinski definition) is 1. The minimum atomic E-state index is -3.94. The van der Waals surface area contributed by atoms with Crippen LogP contribution >= 0.6 is 23.2 Å². The van der Waals surface area contributed by atoms with Crippen LogP contribution in [-0.2, 0) is 32.6 Å². The zero-order valence-electron chi connectivity index (χ0n) is 24.0. The standard InChI is InChI=1S/C30H35Cl2N3O6S/c1-5-15-33-30(37)26(17-21-9-7-6-8-10-21)34(19-22-11-13-24(31)25(32)16-22)29(36)20-35(42(4,38)39)23-12-14-27(40-2)28(18-23)41-3/h6-14,16,18,26H,5,15,17,19-20H2,1-4H3,(H,33,37). The van der Waals surface area contributed by atoms with E-state index in [1.165, 1.54) is 31.3 Å². The van der Waals surface area contributed by atoms with Gasteiger partial charge >= 0.3 is 0 Å². The Hall–Kier alpha value is -3.47. The number of nitrogens with zero attached hydrogens (tertiary/aromatic N) is 2. The topological polar surface area (TPSA) is 105 Å². The number of carbonyl (C=O) groups is 2. The second kappa shape index (κ2) is 15.1. The van der Waals surface area contributed by atoms with Gasteiger partial charge < -0.3 is 19.7 Å². The lowest BCUT2D eigenvalue weighted by Gasteiger charge is -2.33. The fourth-order valence-corrected chi connectivity index (χ4v) is 5.51. The van der Waals surface area contributed by atoms with Crippen LogP contribution in [0.2, 0.25) is 10.0 Å². The molecule has 0 bridgehead atoms. The number of amides is 2. The monoisotopic (exact) mass is 635 g/mol. The van der Waals surface area contributed by atoms with Crippen molar-refractivity contribution in [3.63, 3.8) is 0 Å². The van der Waals surface area contributed by atoms with Crippen molar-refractivity contribution in [2.45, 2.75) is 32.4 Å². The fourth-order valence-electron chi connectivity index (χ4n) is 4.35. The normalized spacial score (nSPS) is 11.9. The minimum Gasteiger partial charge on any atom is -0.493 e. The van der Waals surface area contributed by atoms with Crippen LogP contribution in [0.1, 0.15) is 24.5 Å². The average molecular weight is 637 g/mol. The summed E-state index contributed by atoms with van der Waals surface area (Å²) in [5.74, 6) is -0.248. The maximum absolute atomic E-state index is 14.1. The highest BCUT2D eigenvalue weighted by Crippen LogP contribution is 2.32. The van der Waals surface area contributed by atoms with Gasteiger partial charge in [0, 0.05) is 25.6 Å². The number of carbonyl (C=O) groups excluding carboxylic acids is 2. The van der Waals surface area contributed by atoms with Gasteiger partial charge in [-0.3, -0.25) is 13.9 Å². The number of methoxy groups -OCH3 is 2. The first-order valence-corrected chi connectivity index (χ1v) is 15.8. The maximum Gasteiger partial charge on any atom is 0.244 e. The van der Waals surface area contributed by atoms with Crippen molar-refractivity contribution < 1.29 is 27.5 Å². The van der Waals surface area contributed by atoms with Gasteiger partial charge in [-0.2, -0.15) is 0 Å². The van der Waals surface area contributed by atoms with Crippen LogP contribution in [0.3, 0.4) is 0 Å². The zero-order chi connectivity index (χ0) is 30.9. The van der Waals surface area contributed by atoms with Crippen molar-refractivity contribution >= 4 is 50.7 Å². The van der Waals surface area contributed by atoms with Crippen LogP contribution in [0, 0.1) is 0 Å². The molecule has 0 radical (unpaired) electrons. The van der Waals surface area contributed by atoms with Gasteiger partial charge in [0.2, 0.25) is 21.8 Å². The number of sulfonamides is 1. The number of anilines is 1. The summed E-state index contributed by atoms with van der Waals surface area (Å²) < 4.78 is 37.6. The molecule has 3 aromatic rings. The minimum absolute atomic E-state index is 0.0176. The van der Waals surface area contributed by atoms with Crippen LogP contribution < -0.4 is 19.1 Å². The number of hydrogen-bond acceptors (Lipinski definition) is 6. The lowest BCUT2D eigenvalue weighted by atomic mass is 10.0. The van der Waals surface area contributed by atoms with Gasteiger partial charge in [0.05, 0.1) is 36.2 Å². The van der Waals surface area contributed by atoms with Crippen LogP contribution in [0.4, 0.5) is 5.69 Å². The van der Waals surface area contributed by atoms with Crippen molar-refractivity contribution in [3.8, 4) is 11.5 Å². The molecular weight excluding hydrogens is 601 g/mol. The highest BCUT2D eigenvalue weighted by Gasteiger charge is 2.33. The van der Waals surface area contributed by atoms with Crippen LogP contribution in [0.5, 0.6) is 11.5 Å². The third-order valence-electron chi connectivity index (χ3n) is 6.49. The first kappa shape index (κ1) is 33.0. The first-order valence-electron chi connectivity index (χ1n) is 13.2. The van der Waals surface area contributed by atoms with E-state index in [0.29, 0.717) is 40.1 Å². The van der Waals surface area contributed by atoms with Crippen molar-refractivity contribution in [3.05, 3.63) is 87.9 Å². The van der Waals surface area contributed by atoms with E-state index in [1.54, 1.807) is 24.3 Å². The summed E-state index contributed by atoms with van der Waals surface area (Å²) in [6.45, 7) is 1.76. The summed E-state index contributed by atoms with van der Waals surface area (Å²) in [6, 6.07) is 17.8. The van der Waals surface area contributed by atoms with E-state index in [1.807, 2.05) is 37.3 Å². The molecule has 0 saturated heterocycles. The Morgan fingerprint density at radius 2 is 1.60 bits per heavy atom. The summed E-state index contributed by atoms with van der Waals surface area (Å²) in [5, 5.41) is 3.53. The Morgan fingerprint density at radius 1 is 0.905 bits per heavy atom. The lowest BCUT2D eigenvalue weighted by Crippen LogP contribution is -2.53. The summed E-state index contributed by atoms with van der Waals surface area (Å²) in [6.07, 6.45) is 1.92. The Balaban J connectivity index is 2.08. The Kier molecular flexibility index (Phi) is 11.9. The fraction of sp³-hybridized carbons (Fsp3) is 0.333. The summed E-state index contributed by atoms with van der Waals surface area (Å²) in [4.78, 5) is 29.1. The van der Waals surface area contributed by atoms with E-state index in [9.17, 15) is 18.0 Å². The molecule has 0 aliphatic heterocycles. The van der Waals surface area contributed by atoms with Crippen LogP contribution in [0.25, 0.3) is 0 Å². The Morgan fingerprint density at radius 3 is 2.19 bits per heavy atom. The summed E-state index contributed by atoms with van der Waals surface area (Å²) >= 11 is 12.4. The van der Waals surface area contributed by atoms with Gasteiger partial charge in [-0.1, -0.05) is 66.5 Å². The third-order valence-corrected chi connectivity index (χ3v) is 8.37. The first-order chi connectivity index (χ1) is 20.0. The predicted octanol–water partition coefficient (Wildman–Crippen LogP) is 4.94. The van der Waals surface area contributed by atoms with Crippen molar-refractivity contribution in [2.75, 3.05) is 37.9 Å². The predicted molar refractivity (Wildman–Crippen MR) is 166 cm³/mol. The van der Waals surface area contributed by atoms with Crippen LogP contribution in [-0.4, -0.2) is 64.7 Å². The van der Waals surface area contributed by atoms with Crippen molar-refractivity contribution in [1.82, 2.24) is 10.2 Å². The molecule has 0 aliphatic carbocycles. The molecule has 9 nitrogen and oxygen atoms in total. The van der Waals surface area contributed by atoms with E-state index in [2.05, 4.69) is 5.32 Å². The smallest absolute Gasteiger partial charge is 0.244 e. The SMILES string of the molecule is CCCNC(=O)C(Cc1ccccc1)N(Cc1ccc(Cl)c(Cl)c1)C(=O)CN(c1ccc(OC)c(OC)c1)S(C)(=O)=O. The van der Waals surface area contributed by atoms with Crippen LogP contribution in [0.15, 0.2) is 66.7 Å². The molecule has 0 fully saturated rings. The summed E-state index contributed by atoms with van der Waals surface area (Å²) in [5.41, 5.74) is 1.66. The van der Waals surface area contributed by atoms with E-state index >= 15 is 0 Å². The third kappa shape index (κ3) is 8.77. The van der Waals surface area contributed by atoms with E-state index < -0.39 is 28.5 Å². The van der Waals surface area contributed by atoms with Gasteiger partial charge in [-0.05, 0) is 41.8 Å². The van der Waals surface area contributed by atoms with Gasteiger partial charge in [0.1, 0.15) is 12.6 Å². The van der Waals surface area contributed by atoms with Gasteiger partial charge in [-0.25, -0.2) is 8.42 Å². The van der Waals surface area contributed by atoms with Gasteiger partial charge in [0.15, 0.2) is 11.5 Å². The molecule has 1 atom stereocenters. The molecule has 1 N–H and O–H groups in total. The van der Waals surface area contributed by atoms with Gasteiger partial charge in [0.25, 0.3) is 0 Å². The highest BCUT2D eigenvalue weighted by molar-refractivity contribution is 7.92. The molecule has 0 saturated carbocycles. The number of rotatable bonds is 14. The van der Waals surface area contributed by atoms with E-state index in [-0.39, 0.29) is 24.6 Å². The molecule has 226 valence electrons. The molecule has 1 unspecified atom stereocenters. The lowest BCUT2D eigenvalue weighted by molar-refractivity contribution is -0.140. The molecule has 0 aliphatic rings. The number of ether oxygens (including phenoxy) is 2. The molecule has 0 heterocycles. The molecule has 42 heavy (non-hydrogen) atoms. The maximum atomic E-state index is 14.1. The molecule has 3 rings (SSSR count). The van der Waals surface area contributed by atoms with E-state index in [0.717, 1.165) is 16.1 Å². The second-order valence-electron chi connectivity index (χ2n) is 9.58. The number of nitrogens with one attached hydrogen (secondary N) is 1. The number of halogens is 2. The molecule has 0 spiro atoms. The molecular formula is C30H35Cl2N3O6S. The average Bonchev–Trinajstić information content (AvgIpc) is 2.97. The molecule has 12 heteroatoms. The Labute approximate surface area is 257 Å². The molecule has 3 aromatic carbocycles. The van der Waals surface area contributed by atoms with Crippen molar-refractivity contribution in [1.29, 1.82) is 0 Å².